The van der Waals surface area contributed by atoms with Gasteiger partial charge < -0.3 is 10.4 Å². The zero-order chi connectivity index (χ0) is 14.9. The second-order valence-corrected chi connectivity index (χ2v) is 5.53. The lowest BCUT2D eigenvalue weighted by Gasteiger charge is -2.22. The summed E-state index contributed by atoms with van der Waals surface area (Å²) >= 11 is 0. The van der Waals surface area contributed by atoms with Crippen LogP contribution >= 0.6 is 0 Å². The van der Waals surface area contributed by atoms with Crippen LogP contribution in [0.1, 0.15) is 24.0 Å². The fraction of sp³-hybridized carbons (Fsp3) is 0.368. The third kappa shape index (κ3) is 5.33. The van der Waals surface area contributed by atoms with Crippen molar-refractivity contribution in [2.75, 3.05) is 7.05 Å². The zero-order valence-corrected chi connectivity index (χ0v) is 12.7. The van der Waals surface area contributed by atoms with E-state index in [-0.39, 0.29) is 12.1 Å². The lowest BCUT2D eigenvalue weighted by atomic mass is 9.97. The van der Waals surface area contributed by atoms with Gasteiger partial charge >= 0.3 is 0 Å². The van der Waals surface area contributed by atoms with Gasteiger partial charge in [0.25, 0.3) is 0 Å². The molecule has 21 heavy (non-hydrogen) atoms. The molecular formula is C19H25NO. The van der Waals surface area contributed by atoms with Gasteiger partial charge in [0, 0.05) is 6.04 Å². The molecule has 2 nitrogen and oxygen atoms in total. The quantitative estimate of drug-likeness (QED) is 0.780. The Morgan fingerprint density at radius 2 is 1.48 bits per heavy atom. The van der Waals surface area contributed by atoms with Crippen LogP contribution in [0.5, 0.6) is 0 Å². The number of benzene rings is 2. The molecule has 0 bridgehead atoms. The number of aryl methyl sites for hydroxylation is 1. The predicted molar refractivity (Wildman–Crippen MR) is 88.4 cm³/mol. The number of hydrogen-bond donors (Lipinski definition) is 2. The Labute approximate surface area is 127 Å². The number of aliphatic hydroxyl groups is 1. The number of aliphatic hydroxyl groups excluding tert-OH is 1. The maximum atomic E-state index is 10.4. The monoisotopic (exact) mass is 283 g/mol. The Morgan fingerprint density at radius 1 is 0.905 bits per heavy atom. The molecule has 0 aliphatic heterocycles. The van der Waals surface area contributed by atoms with Crippen LogP contribution in [-0.2, 0) is 12.8 Å². The Morgan fingerprint density at radius 3 is 2.05 bits per heavy atom. The van der Waals surface area contributed by atoms with Crippen LogP contribution < -0.4 is 5.32 Å². The normalized spacial score (nSPS) is 13.8. The number of hydrogen-bond acceptors (Lipinski definition) is 2. The van der Waals surface area contributed by atoms with Crippen molar-refractivity contribution < 1.29 is 5.11 Å². The molecule has 0 amide bonds. The smallest absolute Gasteiger partial charge is 0.0696 e. The molecule has 2 aromatic carbocycles. The van der Waals surface area contributed by atoms with Gasteiger partial charge in [-0.15, -0.1) is 0 Å². The Bertz CT molecular complexity index is 497. The van der Waals surface area contributed by atoms with Crippen LogP contribution in [0, 0.1) is 0 Å². The lowest BCUT2D eigenvalue weighted by molar-refractivity contribution is 0.119. The van der Waals surface area contributed by atoms with Gasteiger partial charge in [0.15, 0.2) is 0 Å². The minimum absolute atomic E-state index is 0.114. The summed E-state index contributed by atoms with van der Waals surface area (Å²) in [6, 6.07) is 20.9. The first-order chi connectivity index (χ1) is 10.3. The Hall–Kier alpha value is -1.64. The van der Waals surface area contributed by atoms with Crippen molar-refractivity contribution in [3.05, 3.63) is 71.8 Å². The van der Waals surface area contributed by atoms with Crippen molar-refractivity contribution in [2.45, 2.75) is 37.8 Å². The maximum Gasteiger partial charge on any atom is 0.0696 e. The molecule has 0 spiro atoms. The third-order valence-corrected chi connectivity index (χ3v) is 3.94. The molecule has 0 fully saturated rings. The average molecular weight is 283 g/mol. The van der Waals surface area contributed by atoms with E-state index in [1.165, 1.54) is 11.1 Å². The molecular weight excluding hydrogens is 258 g/mol. The molecule has 2 heteroatoms. The zero-order valence-electron chi connectivity index (χ0n) is 12.7. The van der Waals surface area contributed by atoms with E-state index in [0.29, 0.717) is 0 Å². The number of rotatable bonds is 8. The molecule has 0 saturated heterocycles. The van der Waals surface area contributed by atoms with E-state index >= 15 is 0 Å². The second-order valence-electron chi connectivity index (χ2n) is 5.53. The van der Waals surface area contributed by atoms with E-state index in [2.05, 4.69) is 41.7 Å². The van der Waals surface area contributed by atoms with Crippen molar-refractivity contribution in [3.8, 4) is 0 Å². The van der Waals surface area contributed by atoms with Gasteiger partial charge in [0.2, 0.25) is 0 Å². The van der Waals surface area contributed by atoms with Gasteiger partial charge in [0.1, 0.15) is 0 Å². The van der Waals surface area contributed by atoms with Gasteiger partial charge in [-0.3, -0.25) is 0 Å². The topological polar surface area (TPSA) is 32.3 Å². The van der Waals surface area contributed by atoms with Crippen molar-refractivity contribution in [2.24, 2.45) is 0 Å². The van der Waals surface area contributed by atoms with Gasteiger partial charge in [-0.25, -0.2) is 0 Å². The van der Waals surface area contributed by atoms with Crippen LogP contribution in [0.3, 0.4) is 0 Å². The summed E-state index contributed by atoms with van der Waals surface area (Å²) in [6.45, 7) is 0. The summed E-state index contributed by atoms with van der Waals surface area (Å²) in [6.07, 6.45) is 3.42. The molecule has 0 aliphatic rings. The number of likely N-dealkylation sites (N-methyl/N-ethyl adjacent to an activating group) is 1. The van der Waals surface area contributed by atoms with Crippen molar-refractivity contribution in [1.82, 2.24) is 5.32 Å². The van der Waals surface area contributed by atoms with Crippen molar-refractivity contribution >= 4 is 0 Å². The second kappa shape index (κ2) is 8.60. The molecule has 0 heterocycles. The molecule has 2 atom stereocenters. The van der Waals surface area contributed by atoms with Crippen LogP contribution in [0.2, 0.25) is 0 Å². The molecule has 2 rings (SSSR count). The molecule has 2 unspecified atom stereocenters. The Balaban J connectivity index is 1.79. The standard InChI is InChI=1S/C19H25NO/c1-20-18(15-17-11-6-3-7-12-17)19(21)14-8-13-16-9-4-2-5-10-16/h2-7,9-12,18-21H,8,13-15H2,1H3. The highest BCUT2D eigenvalue weighted by Crippen LogP contribution is 2.12. The van der Waals surface area contributed by atoms with E-state index in [4.69, 9.17) is 0 Å². The molecule has 2 N–H and O–H groups in total. The molecule has 112 valence electrons. The minimum Gasteiger partial charge on any atom is -0.391 e. The molecule has 0 saturated carbocycles. The summed E-state index contributed by atoms with van der Waals surface area (Å²) in [5.74, 6) is 0. The summed E-state index contributed by atoms with van der Waals surface area (Å²) in [4.78, 5) is 0. The first-order valence-corrected chi connectivity index (χ1v) is 7.73. The first kappa shape index (κ1) is 15.7. The molecule has 0 radical (unpaired) electrons. The van der Waals surface area contributed by atoms with Crippen molar-refractivity contribution in [3.63, 3.8) is 0 Å². The highest BCUT2D eigenvalue weighted by Gasteiger charge is 2.17. The molecule has 2 aromatic rings. The van der Waals surface area contributed by atoms with E-state index in [0.717, 1.165) is 25.7 Å². The average Bonchev–Trinajstić information content (AvgIpc) is 2.54. The van der Waals surface area contributed by atoms with Crippen LogP contribution in [-0.4, -0.2) is 24.3 Å². The van der Waals surface area contributed by atoms with Gasteiger partial charge in [-0.05, 0) is 43.9 Å². The summed E-state index contributed by atoms with van der Waals surface area (Å²) in [7, 11) is 1.92. The van der Waals surface area contributed by atoms with Crippen molar-refractivity contribution in [1.29, 1.82) is 0 Å². The van der Waals surface area contributed by atoms with Gasteiger partial charge in [-0.2, -0.15) is 0 Å². The van der Waals surface area contributed by atoms with E-state index < -0.39 is 0 Å². The largest absolute Gasteiger partial charge is 0.391 e. The summed E-state index contributed by atoms with van der Waals surface area (Å²) in [5.41, 5.74) is 2.60. The first-order valence-electron chi connectivity index (χ1n) is 7.73. The van der Waals surface area contributed by atoms with E-state index in [1.54, 1.807) is 0 Å². The SMILES string of the molecule is CNC(Cc1ccccc1)C(O)CCCc1ccccc1. The third-order valence-electron chi connectivity index (χ3n) is 3.94. The fourth-order valence-electron chi connectivity index (χ4n) is 2.66. The Kier molecular flexibility index (Phi) is 6.45. The van der Waals surface area contributed by atoms with E-state index in [9.17, 15) is 5.11 Å². The molecule has 0 aromatic heterocycles. The number of nitrogens with one attached hydrogen (secondary N) is 1. The highest BCUT2D eigenvalue weighted by molar-refractivity contribution is 5.16. The fourth-order valence-corrected chi connectivity index (χ4v) is 2.66. The molecule has 0 aliphatic carbocycles. The summed E-state index contributed by atoms with van der Waals surface area (Å²) < 4.78 is 0. The van der Waals surface area contributed by atoms with Crippen LogP contribution in [0.4, 0.5) is 0 Å². The minimum atomic E-state index is -0.307. The van der Waals surface area contributed by atoms with Crippen LogP contribution in [0.25, 0.3) is 0 Å². The maximum absolute atomic E-state index is 10.4. The lowest BCUT2D eigenvalue weighted by Crippen LogP contribution is -2.39. The summed E-state index contributed by atoms with van der Waals surface area (Å²) in [5, 5.41) is 13.6. The highest BCUT2D eigenvalue weighted by atomic mass is 16.3. The predicted octanol–water partition coefficient (Wildman–Crippen LogP) is 3.20. The van der Waals surface area contributed by atoms with Gasteiger partial charge in [-0.1, -0.05) is 60.7 Å². The van der Waals surface area contributed by atoms with Gasteiger partial charge in [0.05, 0.1) is 6.10 Å². The van der Waals surface area contributed by atoms with E-state index in [1.807, 2.05) is 31.3 Å². The van der Waals surface area contributed by atoms with Crippen LogP contribution in [0.15, 0.2) is 60.7 Å².